The predicted molar refractivity (Wildman–Crippen MR) is 106 cm³/mol. The molecule has 0 saturated carbocycles. The number of hydrogen-bond donors (Lipinski definition) is 0. The Hall–Kier alpha value is -2.44. The van der Waals surface area contributed by atoms with E-state index in [0.29, 0.717) is 6.16 Å². The number of carbonyl (C=O) groups is 1. The van der Waals surface area contributed by atoms with Crippen LogP contribution < -0.4 is 0 Å². The van der Waals surface area contributed by atoms with Crippen LogP contribution in [0.5, 0.6) is 0 Å². The molecule has 0 amide bonds. The Balaban J connectivity index is 2.22. The van der Waals surface area contributed by atoms with Gasteiger partial charge in [-0.25, -0.2) is 4.79 Å². The van der Waals surface area contributed by atoms with Crippen LogP contribution in [-0.2, 0) is 14.9 Å². The molecular formula is C22H22O2P+. The van der Waals surface area contributed by atoms with Crippen molar-refractivity contribution in [2.75, 3.05) is 12.8 Å². The van der Waals surface area contributed by atoms with Gasteiger partial charge in [-0.15, -0.1) is 0 Å². The molecule has 3 rings (SSSR count). The molecule has 3 aromatic rings. The van der Waals surface area contributed by atoms with E-state index in [1.54, 1.807) is 9.24 Å². The van der Waals surface area contributed by atoms with Gasteiger partial charge in [0.2, 0.25) is 0 Å². The molecule has 3 aromatic carbocycles. The number of carbonyl (C=O) groups excluding carboxylic acids is 1. The summed E-state index contributed by atoms with van der Waals surface area (Å²) in [5.74, 6) is -0.175. The fraction of sp³-hybridized carbons (Fsp3) is 0.136. The van der Waals surface area contributed by atoms with Crippen molar-refractivity contribution in [3.05, 3.63) is 108 Å². The van der Waals surface area contributed by atoms with Crippen LogP contribution in [-0.4, -0.2) is 18.7 Å². The van der Waals surface area contributed by atoms with Crippen molar-refractivity contribution in [2.24, 2.45) is 0 Å². The molecular weight excluding hydrogens is 327 g/mol. The largest absolute Gasteiger partial charge is 0.461 e. The Labute approximate surface area is 151 Å². The van der Waals surface area contributed by atoms with Gasteiger partial charge in [0.25, 0.3) is 0 Å². The lowest BCUT2D eigenvalue weighted by molar-refractivity contribution is -0.141. The minimum Gasteiger partial charge on any atom is -0.461 e. The molecule has 1 unspecified atom stereocenters. The minimum absolute atomic E-state index is 0.175. The maximum absolute atomic E-state index is 11.9. The monoisotopic (exact) mass is 349 g/mol. The van der Waals surface area contributed by atoms with Crippen LogP contribution in [0.3, 0.4) is 0 Å². The summed E-state index contributed by atoms with van der Waals surface area (Å²) in [6.45, 7) is 0.280. The van der Waals surface area contributed by atoms with Crippen LogP contribution in [0.25, 0.3) is 0 Å². The molecule has 0 aliphatic heterocycles. The van der Waals surface area contributed by atoms with Gasteiger partial charge in [0.1, 0.15) is 12.8 Å². The van der Waals surface area contributed by atoms with Crippen LogP contribution in [0.1, 0.15) is 16.7 Å². The summed E-state index contributed by atoms with van der Waals surface area (Å²) in [6.07, 6.45) is 0.397. The molecule has 0 aromatic heterocycles. The van der Waals surface area contributed by atoms with Crippen molar-refractivity contribution in [1.29, 1.82) is 0 Å². The molecule has 0 aliphatic rings. The second kappa shape index (κ2) is 8.09. The van der Waals surface area contributed by atoms with E-state index >= 15 is 0 Å². The highest BCUT2D eigenvalue weighted by Crippen LogP contribution is 2.39. The van der Waals surface area contributed by atoms with Crippen molar-refractivity contribution >= 4 is 15.2 Å². The lowest BCUT2D eigenvalue weighted by Gasteiger charge is -2.35. The van der Waals surface area contributed by atoms with Crippen molar-refractivity contribution in [1.82, 2.24) is 0 Å². The third-order valence-corrected chi connectivity index (χ3v) is 4.86. The fourth-order valence-electron chi connectivity index (χ4n) is 3.18. The van der Waals surface area contributed by atoms with Gasteiger partial charge in [0.05, 0.1) is 5.41 Å². The lowest BCUT2D eigenvalue weighted by Crippen LogP contribution is -2.36. The second-order valence-corrected chi connectivity index (χ2v) is 6.41. The maximum Gasteiger partial charge on any atom is 0.343 e. The van der Waals surface area contributed by atoms with Gasteiger partial charge in [-0.2, -0.15) is 0 Å². The zero-order valence-corrected chi connectivity index (χ0v) is 15.5. The van der Waals surface area contributed by atoms with E-state index in [-0.39, 0.29) is 12.6 Å². The van der Waals surface area contributed by atoms with E-state index in [1.807, 2.05) is 54.6 Å². The molecule has 1 atom stereocenters. The van der Waals surface area contributed by atoms with E-state index in [1.165, 1.54) is 0 Å². The van der Waals surface area contributed by atoms with Gasteiger partial charge in [0, 0.05) is 0 Å². The average Bonchev–Trinajstić information content (AvgIpc) is 2.71. The summed E-state index contributed by atoms with van der Waals surface area (Å²) in [5.41, 5.74) is 2.80. The zero-order valence-electron chi connectivity index (χ0n) is 14.1. The molecule has 0 bridgehead atoms. The van der Waals surface area contributed by atoms with Gasteiger partial charge in [-0.3, -0.25) is 0 Å². The molecule has 0 N–H and O–H groups in total. The highest BCUT2D eigenvalue weighted by atomic mass is 31.0. The summed E-state index contributed by atoms with van der Waals surface area (Å²) >= 11 is 0. The average molecular weight is 349 g/mol. The first-order valence-electron chi connectivity index (χ1n) is 8.39. The van der Waals surface area contributed by atoms with E-state index in [2.05, 4.69) is 36.4 Å². The summed E-state index contributed by atoms with van der Waals surface area (Å²) in [5, 5.41) is 0. The highest BCUT2D eigenvalue weighted by Gasteiger charge is 2.37. The van der Waals surface area contributed by atoms with E-state index in [9.17, 15) is 4.79 Å². The van der Waals surface area contributed by atoms with Crippen LogP contribution in [0.4, 0.5) is 0 Å². The molecule has 0 spiro atoms. The summed E-state index contributed by atoms with van der Waals surface area (Å²) in [6, 6.07) is 30.8. The summed E-state index contributed by atoms with van der Waals surface area (Å²) in [7, 11) is 1.62. The number of rotatable bonds is 6. The molecule has 126 valence electrons. The van der Waals surface area contributed by atoms with Gasteiger partial charge < -0.3 is 4.74 Å². The highest BCUT2D eigenvalue weighted by molar-refractivity contribution is 7.18. The number of esters is 1. The molecule has 0 aliphatic carbocycles. The SMILES string of the molecule is O=C(C[PH3+])OCC(c1ccccc1)(c1ccccc1)c1ccccc1. The molecule has 0 saturated heterocycles. The first-order valence-corrected chi connectivity index (χ1v) is 9.39. The molecule has 0 heterocycles. The third kappa shape index (κ3) is 3.65. The Morgan fingerprint density at radius 1 is 0.720 bits per heavy atom. The first-order chi connectivity index (χ1) is 12.3. The summed E-state index contributed by atoms with van der Waals surface area (Å²) < 4.78 is 5.69. The van der Waals surface area contributed by atoms with Crippen molar-refractivity contribution in [3.63, 3.8) is 0 Å². The molecule has 0 fully saturated rings. The Bertz CT molecular complexity index is 705. The van der Waals surface area contributed by atoms with Gasteiger partial charge >= 0.3 is 5.97 Å². The zero-order chi connectivity index (χ0) is 17.5. The van der Waals surface area contributed by atoms with Gasteiger partial charge in [0.15, 0.2) is 0 Å². The molecule has 3 heteroatoms. The van der Waals surface area contributed by atoms with E-state index in [0.717, 1.165) is 16.7 Å². The molecule has 2 nitrogen and oxygen atoms in total. The minimum atomic E-state index is -0.530. The first kappa shape index (κ1) is 17.4. The standard InChI is InChI=1S/C22H21O2P/c23-21(16-25)24-17-22(18-10-4-1-5-11-18,19-12-6-2-7-13-19)20-14-8-3-9-15-20/h1-15H,16-17,25H2/p+1. The van der Waals surface area contributed by atoms with Crippen molar-refractivity contribution in [3.8, 4) is 0 Å². The normalized spacial score (nSPS) is 11.2. The van der Waals surface area contributed by atoms with Crippen molar-refractivity contribution < 1.29 is 9.53 Å². The quantitative estimate of drug-likeness (QED) is 0.379. The van der Waals surface area contributed by atoms with Crippen LogP contribution in [0.2, 0.25) is 0 Å². The number of hydrogen-bond acceptors (Lipinski definition) is 2. The van der Waals surface area contributed by atoms with E-state index < -0.39 is 5.41 Å². The smallest absolute Gasteiger partial charge is 0.343 e. The molecule has 0 radical (unpaired) electrons. The predicted octanol–water partition coefficient (Wildman–Crippen LogP) is 4.17. The Kier molecular flexibility index (Phi) is 5.63. The fourth-order valence-corrected chi connectivity index (χ4v) is 3.32. The second-order valence-electron chi connectivity index (χ2n) is 5.91. The van der Waals surface area contributed by atoms with Gasteiger partial charge in [-0.1, -0.05) is 91.0 Å². The number of ether oxygens (including phenoxy) is 1. The maximum atomic E-state index is 11.9. The van der Waals surface area contributed by atoms with Crippen LogP contribution in [0.15, 0.2) is 91.0 Å². The lowest BCUT2D eigenvalue weighted by atomic mass is 9.70. The third-order valence-electron chi connectivity index (χ3n) is 4.45. The van der Waals surface area contributed by atoms with E-state index in [4.69, 9.17) is 4.74 Å². The van der Waals surface area contributed by atoms with Crippen molar-refractivity contribution in [2.45, 2.75) is 5.41 Å². The Morgan fingerprint density at radius 3 is 1.40 bits per heavy atom. The summed E-state index contributed by atoms with van der Waals surface area (Å²) in [4.78, 5) is 11.9. The van der Waals surface area contributed by atoms with Gasteiger partial charge in [-0.05, 0) is 25.9 Å². The Morgan fingerprint density at radius 2 is 1.08 bits per heavy atom. The molecule has 25 heavy (non-hydrogen) atoms. The van der Waals surface area contributed by atoms with Crippen LogP contribution in [0, 0.1) is 0 Å². The number of benzene rings is 3. The topological polar surface area (TPSA) is 26.3 Å². The van der Waals surface area contributed by atoms with Crippen LogP contribution >= 0.6 is 9.24 Å².